The van der Waals surface area contributed by atoms with Gasteiger partial charge in [0.25, 0.3) is 0 Å². The molecule has 0 radical (unpaired) electrons. The Kier molecular flexibility index (Phi) is 2.94. The summed E-state index contributed by atoms with van der Waals surface area (Å²) >= 11 is 0. The van der Waals surface area contributed by atoms with Crippen molar-refractivity contribution < 1.29 is 9.90 Å². The number of carbonyl (C=O) groups is 1. The van der Waals surface area contributed by atoms with Gasteiger partial charge in [-0.25, -0.2) is 14.5 Å². The van der Waals surface area contributed by atoms with Gasteiger partial charge in [-0.15, -0.1) is 0 Å². The Labute approximate surface area is 110 Å². The molecule has 2 aromatic rings. The van der Waals surface area contributed by atoms with Crippen molar-refractivity contribution in [1.82, 2.24) is 19.7 Å². The number of likely N-dealkylation sites (tertiary alicyclic amines) is 1. The Hall–Kier alpha value is -1.95. The molecule has 0 aromatic carbocycles. The normalized spacial score (nSPS) is 17.9. The van der Waals surface area contributed by atoms with E-state index in [9.17, 15) is 4.79 Å². The first-order valence-corrected chi connectivity index (χ1v) is 6.40. The number of aromatic carboxylic acids is 1. The van der Waals surface area contributed by atoms with Crippen molar-refractivity contribution in [3.63, 3.8) is 0 Å². The second-order valence-corrected chi connectivity index (χ2v) is 5.07. The fourth-order valence-corrected chi connectivity index (χ4v) is 2.56. The van der Waals surface area contributed by atoms with E-state index in [0.29, 0.717) is 6.04 Å². The van der Waals surface area contributed by atoms with E-state index in [4.69, 9.17) is 5.11 Å². The maximum absolute atomic E-state index is 10.9. The van der Waals surface area contributed by atoms with Gasteiger partial charge in [-0.2, -0.15) is 5.10 Å². The van der Waals surface area contributed by atoms with Gasteiger partial charge < -0.3 is 10.0 Å². The van der Waals surface area contributed by atoms with Gasteiger partial charge in [0.15, 0.2) is 5.65 Å². The van der Waals surface area contributed by atoms with Crippen molar-refractivity contribution in [3.8, 4) is 0 Å². The van der Waals surface area contributed by atoms with Crippen LogP contribution < -0.4 is 0 Å². The number of piperidine rings is 1. The highest BCUT2D eigenvalue weighted by Gasteiger charge is 2.21. The van der Waals surface area contributed by atoms with Gasteiger partial charge in [0.2, 0.25) is 0 Å². The average molecular weight is 260 g/mol. The zero-order valence-corrected chi connectivity index (χ0v) is 10.8. The predicted octanol–water partition coefficient (Wildman–Crippen LogP) is 1.40. The van der Waals surface area contributed by atoms with Crippen LogP contribution >= 0.6 is 0 Å². The maximum atomic E-state index is 10.9. The number of fused-ring (bicyclic) bond motifs is 1. The molecule has 0 bridgehead atoms. The molecular weight excluding hydrogens is 244 g/mol. The summed E-state index contributed by atoms with van der Waals surface area (Å²) in [4.78, 5) is 17.5. The van der Waals surface area contributed by atoms with E-state index < -0.39 is 5.97 Å². The molecule has 100 valence electrons. The highest BCUT2D eigenvalue weighted by atomic mass is 16.4. The van der Waals surface area contributed by atoms with Crippen LogP contribution in [0.25, 0.3) is 11.0 Å². The first-order valence-electron chi connectivity index (χ1n) is 6.40. The minimum absolute atomic E-state index is 0.204. The number of hydrogen-bond donors (Lipinski definition) is 1. The molecule has 6 nitrogen and oxygen atoms in total. The van der Waals surface area contributed by atoms with Gasteiger partial charge in [-0.3, -0.25) is 0 Å². The van der Waals surface area contributed by atoms with Gasteiger partial charge in [-0.05, 0) is 39.0 Å². The third kappa shape index (κ3) is 2.19. The molecule has 0 saturated carbocycles. The average Bonchev–Trinajstić information content (AvgIpc) is 2.82. The number of rotatable bonds is 2. The largest absolute Gasteiger partial charge is 0.478 e. The maximum Gasteiger partial charge on any atom is 0.337 e. The molecule has 3 rings (SSSR count). The lowest BCUT2D eigenvalue weighted by atomic mass is 10.1. The highest BCUT2D eigenvalue weighted by molar-refractivity contribution is 5.91. The molecule has 1 saturated heterocycles. The van der Waals surface area contributed by atoms with Crippen LogP contribution in [0, 0.1) is 0 Å². The van der Waals surface area contributed by atoms with Crippen LogP contribution in [-0.4, -0.2) is 50.9 Å². The summed E-state index contributed by atoms with van der Waals surface area (Å²) in [5.41, 5.74) is 0.981. The molecule has 19 heavy (non-hydrogen) atoms. The standard InChI is InChI=1S/C13H16N4O2/c1-16-4-2-11(3-5-16)17-12-9(8-15-17)6-10(7-14-12)13(18)19/h6-8,11H,2-5H2,1H3,(H,18,19). The van der Waals surface area contributed by atoms with Crippen LogP contribution in [0.1, 0.15) is 29.2 Å². The number of carboxylic acid groups (broad SMARTS) is 1. The van der Waals surface area contributed by atoms with E-state index in [0.717, 1.165) is 37.0 Å². The quantitative estimate of drug-likeness (QED) is 0.883. The SMILES string of the molecule is CN1CCC(n2ncc3cc(C(=O)O)cnc32)CC1. The lowest BCUT2D eigenvalue weighted by Gasteiger charge is -2.29. The van der Waals surface area contributed by atoms with Gasteiger partial charge >= 0.3 is 5.97 Å². The Morgan fingerprint density at radius 3 is 2.79 bits per heavy atom. The molecule has 6 heteroatoms. The molecule has 1 N–H and O–H groups in total. The van der Waals surface area contributed by atoms with Crippen molar-refractivity contribution in [2.24, 2.45) is 0 Å². The molecule has 0 atom stereocenters. The smallest absolute Gasteiger partial charge is 0.337 e. The third-order valence-electron chi connectivity index (χ3n) is 3.71. The molecular formula is C13H16N4O2. The van der Waals surface area contributed by atoms with Crippen LogP contribution in [0.4, 0.5) is 0 Å². The van der Waals surface area contributed by atoms with Crippen molar-refractivity contribution in [3.05, 3.63) is 24.0 Å². The zero-order chi connectivity index (χ0) is 13.4. The van der Waals surface area contributed by atoms with Crippen molar-refractivity contribution >= 4 is 17.0 Å². The summed E-state index contributed by atoms with van der Waals surface area (Å²) in [6.07, 6.45) is 5.20. The summed E-state index contributed by atoms with van der Waals surface area (Å²) in [5.74, 6) is -0.957. The molecule has 0 aliphatic carbocycles. The number of hydrogen-bond acceptors (Lipinski definition) is 4. The summed E-state index contributed by atoms with van der Waals surface area (Å²) in [6, 6.07) is 1.99. The minimum Gasteiger partial charge on any atom is -0.478 e. The Morgan fingerprint density at radius 1 is 1.37 bits per heavy atom. The second kappa shape index (κ2) is 4.62. The topological polar surface area (TPSA) is 71.2 Å². The number of carboxylic acids is 1. The molecule has 1 fully saturated rings. The van der Waals surface area contributed by atoms with Crippen molar-refractivity contribution in [1.29, 1.82) is 0 Å². The third-order valence-corrected chi connectivity index (χ3v) is 3.71. The number of aromatic nitrogens is 3. The lowest BCUT2D eigenvalue weighted by molar-refractivity contribution is 0.0696. The summed E-state index contributed by atoms with van der Waals surface area (Å²) in [5, 5.41) is 14.1. The summed E-state index contributed by atoms with van der Waals surface area (Å²) < 4.78 is 1.94. The van der Waals surface area contributed by atoms with E-state index in [2.05, 4.69) is 22.0 Å². The first-order chi connectivity index (χ1) is 9.15. The predicted molar refractivity (Wildman–Crippen MR) is 70.3 cm³/mol. The molecule has 0 spiro atoms. The van der Waals surface area contributed by atoms with E-state index in [1.54, 1.807) is 12.3 Å². The van der Waals surface area contributed by atoms with Crippen molar-refractivity contribution in [2.45, 2.75) is 18.9 Å². The Morgan fingerprint density at radius 2 is 2.11 bits per heavy atom. The molecule has 0 amide bonds. The molecule has 1 aliphatic heterocycles. The highest BCUT2D eigenvalue weighted by Crippen LogP contribution is 2.25. The molecule has 3 heterocycles. The minimum atomic E-state index is -0.957. The van der Waals surface area contributed by atoms with E-state index in [1.165, 1.54) is 6.20 Å². The van der Waals surface area contributed by atoms with Gasteiger partial charge in [0, 0.05) is 11.6 Å². The second-order valence-electron chi connectivity index (χ2n) is 5.07. The molecule has 1 aliphatic rings. The summed E-state index contributed by atoms with van der Waals surface area (Å²) in [6.45, 7) is 2.11. The van der Waals surface area contributed by atoms with Crippen LogP contribution in [0.2, 0.25) is 0 Å². The monoisotopic (exact) mass is 260 g/mol. The van der Waals surface area contributed by atoms with E-state index in [1.807, 2.05) is 4.68 Å². The molecule has 0 unspecified atom stereocenters. The first kappa shape index (κ1) is 12.1. The Balaban J connectivity index is 1.95. The van der Waals surface area contributed by atoms with Gasteiger partial charge in [0.1, 0.15) is 0 Å². The van der Waals surface area contributed by atoms with E-state index >= 15 is 0 Å². The van der Waals surface area contributed by atoms with Gasteiger partial charge in [0.05, 0.1) is 17.8 Å². The van der Waals surface area contributed by atoms with Crippen molar-refractivity contribution in [2.75, 3.05) is 20.1 Å². The fourth-order valence-electron chi connectivity index (χ4n) is 2.56. The number of pyridine rings is 1. The van der Waals surface area contributed by atoms with Gasteiger partial charge in [-0.1, -0.05) is 0 Å². The molecule has 2 aromatic heterocycles. The lowest BCUT2D eigenvalue weighted by Crippen LogP contribution is -2.31. The Bertz CT molecular complexity index is 614. The zero-order valence-electron chi connectivity index (χ0n) is 10.8. The fraction of sp³-hybridized carbons (Fsp3) is 0.462. The number of nitrogens with zero attached hydrogens (tertiary/aromatic N) is 4. The van der Waals surface area contributed by atoms with E-state index in [-0.39, 0.29) is 5.56 Å². The van der Waals surface area contributed by atoms with Crippen LogP contribution in [0.3, 0.4) is 0 Å². The van der Waals surface area contributed by atoms with Crippen LogP contribution in [-0.2, 0) is 0 Å². The van der Waals surface area contributed by atoms with Crippen LogP contribution in [0.15, 0.2) is 18.5 Å². The summed E-state index contributed by atoms with van der Waals surface area (Å²) in [7, 11) is 2.12. The van der Waals surface area contributed by atoms with Crippen LogP contribution in [0.5, 0.6) is 0 Å².